The second-order valence-corrected chi connectivity index (χ2v) is 12.0. The van der Waals surface area contributed by atoms with Crippen LogP contribution in [0.3, 0.4) is 0 Å². The molecule has 1 heteroatoms. The lowest BCUT2D eigenvalue weighted by Crippen LogP contribution is -2.53. The molecule has 1 nitrogen and oxygen atoms in total. The normalized spacial score (nSPS) is 43.9. The van der Waals surface area contributed by atoms with Gasteiger partial charge in [0.1, 0.15) is 0 Å². The zero-order valence-corrected chi connectivity index (χ0v) is 19.2. The van der Waals surface area contributed by atoms with Gasteiger partial charge in [0, 0.05) is 5.92 Å². The first-order chi connectivity index (χ1) is 13.3. The molecule has 0 bridgehead atoms. The largest absolute Gasteiger partial charge is 0.295 e. The molecule has 0 saturated heterocycles. The van der Waals surface area contributed by atoms with Crippen molar-refractivity contribution in [3.05, 3.63) is 11.6 Å². The zero-order chi connectivity index (χ0) is 20.1. The fourth-order valence-corrected chi connectivity index (χ4v) is 8.46. The van der Waals surface area contributed by atoms with Gasteiger partial charge in [-0.3, -0.25) is 4.79 Å². The van der Waals surface area contributed by atoms with E-state index < -0.39 is 0 Å². The Morgan fingerprint density at radius 1 is 1.00 bits per heavy atom. The third-order valence-corrected chi connectivity index (χ3v) is 10.1. The number of rotatable bonds is 5. The maximum absolute atomic E-state index is 13.4. The SMILES string of the molecule is CC(C)CCC[C@@H](C)[C@@H]1CC[C@@H]2[C@H]3C(=O)C=C4CCCC[C@]4(C)[C@@H]3CC[C@@]21C. The van der Waals surface area contributed by atoms with E-state index in [1.165, 1.54) is 76.2 Å². The Labute approximate surface area is 174 Å². The van der Waals surface area contributed by atoms with Crippen LogP contribution in [0.25, 0.3) is 0 Å². The summed E-state index contributed by atoms with van der Waals surface area (Å²) < 4.78 is 0. The van der Waals surface area contributed by atoms with Crippen LogP contribution in [0.2, 0.25) is 0 Å². The Balaban J connectivity index is 1.54. The summed E-state index contributed by atoms with van der Waals surface area (Å²) in [6, 6.07) is 0. The van der Waals surface area contributed by atoms with Crippen molar-refractivity contribution in [3.8, 4) is 0 Å². The predicted molar refractivity (Wildman–Crippen MR) is 118 cm³/mol. The minimum absolute atomic E-state index is 0.332. The minimum Gasteiger partial charge on any atom is -0.295 e. The number of hydrogen-bond donors (Lipinski definition) is 0. The lowest BCUT2D eigenvalue weighted by atomic mass is 9.47. The van der Waals surface area contributed by atoms with Crippen LogP contribution in [-0.2, 0) is 4.79 Å². The van der Waals surface area contributed by atoms with Gasteiger partial charge in [-0.05, 0) is 91.4 Å². The molecule has 0 unspecified atom stereocenters. The molecule has 0 aromatic carbocycles. The molecule has 0 aliphatic heterocycles. The Hall–Kier alpha value is -0.590. The van der Waals surface area contributed by atoms with Gasteiger partial charge in [0.15, 0.2) is 5.78 Å². The molecular weight excluding hydrogens is 340 g/mol. The average Bonchev–Trinajstić information content (AvgIpc) is 2.99. The van der Waals surface area contributed by atoms with Gasteiger partial charge in [0.05, 0.1) is 0 Å². The first kappa shape index (κ1) is 20.7. The average molecular weight is 385 g/mol. The third kappa shape index (κ3) is 3.24. The number of allylic oxidation sites excluding steroid dienone is 2. The molecule has 28 heavy (non-hydrogen) atoms. The predicted octanol–water partition coefficient (Wildman–Crippen LogP) is 7.60. The summed E-state index contributed by atoms with van der Waals surface area (Å²) in [5.41, 5.74) is 2.26. The quantitative estimate of drug-likeness (QED) is 0.477. The van der Waals surface area contributed by atoms with Gasteiger partial charge < -0.3 is 0 Å². The van der Waals surface area contributed by atoms with E-state index in [1.807, 2.05) is 0 Å². The highest BCUT2D eigenvalue weighted by Gasteiger charge is 2.60. The molecule has 4 aliphatic rings. The highest BCUT2D eigenvalue weighted by Crippen LogP contribution is 2.66. The van der Waals surface area contributed by atoms with Crippen molar-refractivity contribution in [3.63, 3.8) is 0 Å². The van der Waals surface area contributed by atoms with Crippen LogP contribution in [-0.4, -0.2) is 5.78 Å². The van der Waals surface area contributed by atoms with Gasteiger partial charge in [-0.2, -0.15) is 0 Å². The van der Waals surface area contributed by atoms with Gasteiger partial charge in [-0.25, -0.2) is 0 Å². The molecule has 4 rings (SSSR count). The van der Waals surface area contributed by atoms with Gasteiger partial charge in [0.25, 0.3) is 0 Å². The van der Waals surface area contributed by atoms with Gasteiger partial charge in [-0.15, -0.1) is 0 Å². The first-order valence-corrected chi connectivity index (χ1v) is 12.5. The van der Waals surface area contributed by atoms with Crippen LogP contribution in [0.1, 0.15) is 105 Å². The topological polar surface area (TPSA) is 17.1 Å². The van der Waals surface area contributed by atoms with Crippen LogP contribution in [0.15, 0.2) is 11.6 Å². The van der Waals surface area contributed by atoms with Gasteiger partial charge in [-0.1, -0.05) is 65.9 Å². The number of fused-ring (bicyclic) bond motifs is 5. The summed E-state index contributed by atoms with van der Waals surface area (Å²) in [6.45, 7) is 12.3. The van der Waals surface area contributed by atoms with E-state index in [2.05, 4.69) is 40.7 Å². The summed E-state index contributed by atoms with van der Waals surface area (Å²) in [6.07, 6.45) is 16.8. The van der Waals surface area contributed by atoms with Crippen molar-refractivity contribution in [1.82, 2.24) is 0 Å². The van der Waals surface area contributed by atoms with Crippen LogP contribution in [0, 0.1) is 46.3 Å². The van der Waals surface area contributed by atoms with Crippen molar-refractivity contribution in [2.75, 3.05) is 0 Å². The molecule has 3 saturated carbocycles. The van der Waals surface area contributed by atoms with E-state index in [0.717, 1.165) is 17.8 Å². The van der Waals surface area contributed by atoms with Crippen molar-refractivity contribution < 1.29 is 4.79 Å². The van der Waals surface area contributed by atoms with Crippen molar-refractivity contribution >= 4 is 5.78 Å². The molecule has 0 amide bonds. The van der Waals surface area contributed by atoms with Gasteiger partial charge >= 0.3 is 0 Å². The van der Waals surface area contributed by atoms with Crippen LogP contribution >= 0.6 is 0 Å². The third-order valence-electron chi connectivity index (χ3n) is 10.1. The molecule has 0 heterocycles. The molecule has 0 aromatic rings. The van der Waals surface area contributed by atoms with E-state index in [9.17, 15) is 4.79 Å². The minimum atomic E-state index is 0.332. The highest BCUT2D eigenvalue weighted by atomic mass is 16.1. The highest BCUT2D eigenvalue weighted by molar-refractivity contribution is 5.94. The Bertz CT molecular complexity index is 630. The molecule has 3 fully saturated rings. The summed E-state index contributed by atoms with van der Waals surface area (Å²) >= 11 is 0. The second-order valence-electron chi connectivity index (χ2n) is 12.0. The van der Waals surface area contributed by atoms with Crippen LogP contribution < -0.4 is 0 Å². The molecule has 0 spiro atoms. The lowest BCUT2D eigenvalue weighted by Gasteiger charge is -2.57. The monoisotopic (exact) mass is 384 g/mol. The van der Waals surface area contributed by atoms with Crippen molar-refractivity contribution in [2.24, 2.45) is 46.3 Å². The molecule has 7 atom stereocenters. The summed E-state index contributed by atoms with van der Waals surface area (Å²) in [5, 5.41) is 0. The molecular formula is C27H44O. The molecule has 0 N–H and O–H groups in total. The van der Waals surface area contributed by atoms with E-state index in [0.29, 0.717) is 34.4 Å². The maximum Gasteiger partial charge on any atom is 0.159 e. The van der Waals surface area contributed by atoms with Gasteiger partial charge in [0.2, 0.25) is 0 Å². The summed E-state index contributed by atoms with van der Waals surface area (Å²) in [5.74, 6) is 4.61. The number of carbonyl (C=O) groups is 1. The molecule has 4 aliphatic carbocycles. The van der Waals surface area contributed by atoms with Crippen LogP contribution in [0.5, 0.6) is 0 Å². The lowest BCUT2D eigenvalue weighted by molar-refractivity contribution is -0.134. The maximum atomic E-state index is 13.4. The van der Waals surface area contributed by atoms with E-state index in [4.69, 9.17) is 0 Å². The fraction of sp³-hybridized carbons (Fsp3) is 0.889. The Kier molecular flexibility index (Phi) is 5.60. The van der Waals surface area contributed by atoms with Crippen LogP contribution in [0.4, 0.5) is 0 Å². The number of hydrogen-bond acceptors (Lipinski definition) is 1. The summed E-state index contributed by atoms with van der Waals surface area (Å²) in [4.78, 5) is 13.4. The standard InChI is InChI=1S/C27H44O/c1-18(2)9-8-10-19(3)21-12-13-22-25-23(14-16-27(21,22)5)26(4)15-7-6-11-20(26)17-24(25)28/h17-19,21-23,25H,6-16H2,1-5H3/t19-,21+,22-,23-,25-,26+,27-/m1/s1. The van der Waals surface area contributed by atoms with Crippen molar-refractivity contribution in [1.29, 1.82) is 0 Å². The Morgan fingerprint density at radius 3 is 2.54 bits per heavy atom. The molecule has 158 valence electrons. The zero-order valence-electron chi connectivity index (χ0n) is 19.2. The van der Waals surface area contributed by atoms with Crippen molar-refractivity contribution in [2.45, 2.75) is 105 Å². The number of carbonyl (C=O) groups excluding carboxylic acids is 1. The van der Waals surface area contributed by atoms with E-state index in [1.54, 1.807) is 0 Å². The number of ketones is 1. The fourth-order valence-electron chi connectivity index (χ4n) is 8.46. The van der Waals surface area contributed by atoms with E-state index in [-0.39, 0.29) is 0 Å². The summed E-state index contributed by atoms with van der Waals surface area (Å²) in [7, 11) is 0. The molecule has 0 radical (unpaired) electrons. The molecule has 0 aromatic heterocycles. The smallest absolute Gasteiger partial charge is 0.159 e. The second kappa shape index (κ2) is 7.59. The Morgan fingerprint density at radius 2 is 1.79 bits per heavy atom. The van der Waals surface area contributed by atoms with E-state index >= 15 is 0 Å². The first-order valence-electron chi connectivity index (χ1n) is 12.5.